The lowest BCUT2D eigenvalue weighted by Gasteiger charge is -2.11. The van der Waals surface area contributed by atoms with Crippen LogP contribution in [0.2, 0.25) is 0 Å². The Morgan fingerprint density at radius 3 is 2.12 bits per heavy atom. The molecule has 0 radical (unpaired) electrons. The number of benzene rings is 2. The largest absolute Gasteiger partial charge is 0.292 e. The summed E-state index contributed by atoms with van der Waals surface area (Å²) in [6, 6.07) is 24.6. The topological polar surface area (TPSA) is 47.0 Å². The average Bonchev–Trinajstić information content (AvgIpc) is 2.72. The number of hydrogen-bond donors (Lipinski definition) is 0. The van der Waals surface area contributed by atoms with Gasteiger partial charge in [0.15, 0.2) is 11.6 Å². The summed E-state index contributed by atoms with van der Waals surface area (Å²) in [6.07, 6.45) is 1.04. The molecule has 0 saturated carbocycles. The molecule has 0 spiro atoms. The Morgan fingerprint density at radius 1 is 0.808 bits per heavy atom. The van der Waals surface area contributed by atoms with Gasteiger partial charge in [0.2, 0.25) is 0 Å². The Labute approximate surface area is 153 Å². The van der Waals surface area contributed by atoms with Gasteiger partial charge >= 0.3 is 0 Å². The van der Waals surface area contributed by atoms with Crippen LogP contribution in [0.4, 0.5) is 0 Å². The maximum absolute atomic E-state index is 12.7. The zero-order chi connectivity index (χ0) is 18.4. The van der Waals surface area contributed by atoms with E-state index in [1.54, 1.807) is 18.2 Å². The molecule has 1 aromatic heterocycles. The minimum atomic E-state index is -0.293. The molecule has 0 aliphatic rings. The molecule has 0 N–H and O–H groups in total. The van der Waals surface area contributed by atoms with E-state index >= 15 is 0 Å². The molecule has 1 heterocycles. The normalized spacial score (nSPS) is 11.7. The first-order valence-electron chi connectivity index (χ1n) is 8.78. The Bertz CT molecular complexity index is 888. The molecule has 3 aromatic rings. The molecule has 0 saturated heterocycles. The van der Waals surface area contributed by atoms with Crippen LogP contribution in [0.3, 0.4) is 0 Å². The molecule has 0 bridgehead atoms. The van der Waals surface area contributed by atoms with E-state index in [-0.39, 0.29) is 17.5 Å². The number of hydrogen-bond acceptors (Lipinski definition) is 3. The van der Waals surface area contributed by atoms with Crippen molar-refractivity contribution >= 4 is 11.6 Å². The number of aryl methyl sites for hydroxylation is 1. The summed E-state index contributed by atoms with van der Waals surface area (Å²) >= 11 is 0. The van der Waals surface area contributed by atoms with Gasteiger partial charge < -0.3 is 0 Å². The fourth-order valence-corrected chi connectivity index (χ4v) is 2.87. The minimum Gasteiger partial charge on any atom is -0.292 e. The molecular weight excluding hydrogens is 322 g/mol. The summed E-state index contributed by atoms with van der Waals surface area (Å²) in [7, 11) is 0. The molecule has 0 amide bonds. The fraction of sp³-hybridized carbons (Fsp3) is 0.174. The lowest BCUT2D eigenvalue weighted by atomic mass is 9.94. The van der Waals surface area contributed by atoms with Crippen LogP contribution in [0.15, 0.2) is 78.9 Å². The van der Waals surface area contributed by atoms with Crippen LogP contribution in [0.5, 0.6) is 0 Å². The van der Waals surface area contributed by atoms with Gasteiger partial charge in [0, 0.05) is 12.3 Å². The highest BCUT2D eigenvalue weighted by molar-refractivity contribution is 6.01. The highest BCUT2D eigenvalue weighted by atomic mass is 16.1. The molecule has 3 rings (SSSR count). The molecular formula is C23H21NO2. The third-order valence-corrected chi connectivity index (χ3v) is 4.46. The fourth-order valence-electron chi connectivity index (χ4n) is 2.87. The second-order valence-electron chi connectivity index (χ2n) is 6.31. The standard InChI is InChI=1S/C23H21NO2/c1-17(19-11-6-3-7-12-19)23(26)21-14-8-13-20(24-21)22(25)16-15-18-9-4-2-5-10-18/h2-14,17H,15-16H2,1H3. The zero-order valence-corrected chi connectivity index (χ0v) is 14.8. The predicted molar refractivity (Wildman–Crippen MR) is 103 cm³/mol. The second-order valence-corrected chi connectivity index (χ2v) is 6.31. The maximum atomic E-state index is 12.7. The molecule has 3 heteroatoms. The van der Waals surface area contributed by atoms with Gasteiger partial charge in [0.25, 0.3) is 0 Å². The quantitative estimate of drug-likeness (QED) is 0.574. The Kier molecular flexibility index (Phi) is 5.69. The van der Waals surface area contributed by atoms with Gasteiger partial charge in [-0.05, 0) is 29.7 Å². The molecule has 130 valence electrons. The van der Waals surface area contributed by atoms with Crippen LogP contribution >= 0.6 is 0 Å². The van der Waals surface area contributed by atoms with E-state index in [2.05, 4.69) is 4.98 Å². The summed E-state index contributed by atoms with van der Waals surface area (Å²) in [5, 5.41) is 0. The maximum Gasteiger partial charge on any atom is 0.188 e. The minimum absolute atomic E-state index is 0.0455. The Morgan fingerprint density at radius 2 is 1.42 bits per heavy atom. The highest BCUT2D eigenvalue weighted by Gasteiger charge is 2.19. The number of ketones is 2. The number of rotatable bonds is 7. The highest BCUT2D eigenvalue weighted by Crippen LogP contribution is 2.19. The number of aromatic nitrogens is 1. The first kappa shape index (κ1) is 17.7. The first-order valence-corrected chi connectivity index (χ1v) is 8.78. The molecule has 3 nitrogen and oxygen atoms in total. The van der Waals surface area contributed by atoms with Gasteiger partial charge in [-0.2, -0.15) is 0 Å². The van der Waals surface area contributed by atoms with E-state index in [0.717, 1.165) is 11.1 Å². The molecule has 0 aliphatic carbocycles. The lowest BCUT2D eigenvalue weighted by molar-refractivity contribution is 0.0960. The number of Topliss-reactive ketones (excluding diaryl/α,β-unsaturated/α-hetero) is 2. The van der Waals surface area contributed by atoms with Crippen molar-refractivity contribution in [2.45, 2.75) is 25.7 Å². The van der Waals surface area contributed by atoms with Crippen molar-refractivity contribution < 1.29 is 9.59 Å². The summed E-state index contributed by atoms with van der Waals surface area (Å²) in [4.78, 5) is 29.5. The summed E-state index contributed by atoms with van der Waals surface area (Å²) in [5.41, 5.74) is 2.75. The van der Waals surface area contributed by atoms with Gasteiger partial charge in [-0.15, -0.1) is 0 Å². The van der Waals surface area contributed by atoms with Crippen LogP contribution in [-0.4, -0.2) is 16.6 Å². The van der Waals surface area contributed by atoms with Crippen molar-refractivity contribution in [3.8, 4) is 0 Å². The van der Waals surface area contributed by atoms with Gasteiger partial charge in [0.05, 0.1) is 0 Å². The Balaban J connectivity index is 1.71. The van der Waals surface area contributed by atoms with Gasteiger partial charge in [0.1, 0.15) is 11.4 Å². The molecule has 0 aliphatic heterocycles. The van der Waals surface area contributed by atoms with Gasteiger partial charge in [-0.3, -0.25) is 9.59 Å². The predicted octanol–water partition coefficient (Wildman–Crippen LogP) is 4.88. The molecule has 26 heavy (non-hydrogen) atoms. The van der Waals surface area contributed by atoms with Crippen molar-refractivity contribution in [1.82, 2.24) is 4.98 Å². The second kappa shape index (κ2) is 8.34. The molecule has 1 unspecified atom stereocenters. The van der Waals surface area contributed by atoms with E-state index in [0.29, 0.717) is 24.2 Å². The van der Waals surface area contributed by atoms with Crippen molar-refractivity contribution in [1.29, 1.82) is 0 Å². The SMILES string of the molecule is CC(C(=O)c1cccc(C(=O)CCc2ccccc2)n1)c1ccccc1. The van der Waals surface area contributed by atoms with Crippen LogP contribution in [-0.2, 0) is 6.42 Å². The summed E-state index contributed by atoms with van der Waals surface area (Å²) in [5.74, 6) is -0.414. The molecule has 1 atom stereocenters. The van der Waals surface area contributed by atoms with Crippen LogP contribution < -0.4 is 0 Å². The first-order chi connectivity index (χ1) is 12.6. The van der Waals surface area contributed by atoms with Crippen LogP contribution in [0.25, 0.3) is 0 Å². The number of carbonyl (C=O) groups is 2. The molecule has 2 aromatic carbocycles. The van der Waals surface area contributed by atoms with Crippen molar-refractivity contribution in [2.24, 2.45) is 0 Å². The smallest absolute Gasteiger partial charge is 0.188 e. The van der Waals surface area contributed by atoms with Crippen LogP contribution in [0.1, 0.15) is 51.4 Å². The summed E-state index contributed by atoms with van der Waals surface area (Å²) < 4.78 is 0. The van der Waals surface area contributed by atoms with Crippen molar-refractivity contribution in [3.05, 3.63) is 101 Å². The number of pyridine rings is 1. The van der Waals surface area contributed by atoms with Crippen LogP contribution in [0, 0.1) is 0 Å². The lowest BCUT2D eigenvalue weighted by Crippen LogP contribution is -2.14. The van der Waals surface area contributed by atoms with Gasteiger partial charge in [-0.25, -0.2) is 4.98 Å². The van der Waals surface area contributed by atoms with E-state index < -0.39 is 0 Å². The third kappa shape index (κ3) is 4.31. The zero-order valence-electron chi connectivity index (χ0n) is 14.8. The monoisotopic (exact) mass is 343 g/mol. The van der Waals surface area contributed by atoms with Crippen molar-refractivity contribution in [3.63, 3.8) is 0 Å². The Hall–Kier alpha value is -3.07. The average molecular weight is 343 g/mol. The molecule has 0 fully saturated rings. The number of carbonyl (C=O) groups excluding carboxylic acids is 2. The van der Waals surface area contributed by atoms with Gasteiger partial charge in [-0.1, -0.05) is 73.7 Å². The van der Waals surface area contributed by atoms with Crippen molar-refractivity contribution in [2.75, 3.05) is 0 Å². The number of nitrogens with zero attached hydrogens (tertiary/aromatic N) is 1. The third-order valence-electron chi connectivity index (χ3n) is 4.46. The van der Waals surface area contributed by atoms with E-state index in [4.69, 9.17) is 0 Å². The van der Waals surface area contributed by atoms with E-state index in [1.165, 1.54) is 0 Å². The summed E-state index contributed by atoms with van der Waals surface area (Å²) in [6.45, 7) is 1.86. The van der Waals surface area contributed by atoms with E-state index in [9.17, 15) is 9.59 Å². The van der Waals surface area contributed by atoms with E-state index in [1.807, 2.05) is 67.6 Å².